The third kappa shape index (κ3) is 3.65. The van der Waals surface area contributed by atoms with E-state index in [1.54, 1.807) is 0 Å². The molecule has 152 valence electrons. The molecule has 0 spiro atoms. The van der Waals surface area contributed by atoms with Crippen molar-refractivity contribution in [3.05, 3.63) is 91.4 Å². The van der Waals surface area contributed by atoms with Gasteiger partial charge in [-0.15, -0.1) is 0 Å². The Morgan fingerprint density at radius 3 is 1.48 bits per heavy atom. The van der Waals surface area contributed by atoms with E-state index in [1.165, 1.54) is 48.5 Å². The molecule has 0 radical (unpaired) electrons. The van der Waals surface area contributed by atoms with Gasteiger partial charge in [0.15, 0.2) is 4.75 Å². The molecule has 0 aliphatic rings. The SMILES string of the molecule is O=S(=O)(O)C(c1cccc(Cl)c1)(c1cccc(Cl)c1)c1c(O)c(Cl)cc(Cl)c1O. The van der Waals surface area contributed by atoms with Crippen LogP contribution in [0.5, 0.6) is 11.5 Å². The van der Waals surface area contributed by atoms with Crippen molar-refractivity contribution in [1.29, 1.82) is 0 Å². The number of benzene rings is 3. The summed E-state index contributed by atoms with van der Waals surface area (Å²) in [6, 6.07) is 12.2. The van der Waals surface area contributed by atoms with Crippen LogP contribution in [0, 0.1) is 0 Å². The van der Waals surface area contributed by atoms with Crippen molar-refractivity contribution < 1.29 is 23.2 Å². The lowest BCUT2D eigenvalue weighted by Gasteiger charge is -2.34. The fraction of sp³-hybridized carbons (Fsp3) is 0.0526. The van der Waals surface area contributed by atoms with Crippen LogP contribution in [0.3, 0.4) is 0 Å². The largest absolute Gasteiger partial charge is 0.506 e. The first kappa shape index (κ1) is 22.0. The molecule has 3 rings (SSSR count). The number of aromatic hydroxyl groups is 2. The Morgan fingerprint density at radius 2 is 1.14 bits per heavy atom. The molecule has 0 unspecified atom stereocenters. The molecule has 0 bridgehead atoms. The zero-order valence-corrected chi connectivity index (χ0v) is 18.1. The molecule has 0 atom stereocenters. The van der Waals surface area contributed by atoms with Crippen LogP contribution in [0.1, 0.15) is 16.7 Å². The predicted octanol–water partition coefficient (Wildman–Crippen LogP) is 5.89. The van der Waals surface area contributed by atoms with E-state index in [9.17, 15) is 23.2 Å². The highest BCUT2D eigenvalue weighted by Gasteiger charge is 2.52. The number of phenols is 2. The predicted molar refractivity (Wildman–Crippen MR) is 114 cm³/mol. The first-order valence-corrected chi connectivity index (χ1v) is 10.8. The molecule has 0 aromatic heterocycles. The fourth-order valence-electron chi connectivity index (χ4n) is 3.23. The van der Waals surface area contributed by atoms with Crippen LogP contribution in [0.25, 0.3) is 0 Å². The minimum Gasteiger partial charge on any atom is -0.506 e. The summed E-state index contributed by atoms with van der Waals surface area (Å²) in [5.41, 5.74) is -0.806. The minimum absolute atomic E-state index is 0.0845. The second-order valence-electron chi connectivity index (χ2n) is 6.09. The molecule has 0 fully saturated rings. The van der Waals surface area contributed by atoms with E-state index in [4.69, 9.17) is 46.4 Å². The normalized spacial score (nSPS) is 12.2. The van der Waals surface area contributed by atoms with Gasteiger partial charge in [0.05, 0.1) is 15.6 Å². The van der Waals surface area contributed by atoms with Crippen LogP contribution in [0.2, 0.25) is 20.1 Å². The first-order valence-electron chi connectivity index (χ1n) is 7.89. The quantitative estimate of drug-likeness (QED) is 0.311. The monoisotopic (exact) mass is 492 g/mol. The van der Waals surface area contributed by atoms with Crippen molar-refractivity contribution in [2.75, 3.05) is 0 Å². The van der Waals surface area contributed by atoms with Gasteiger partial charge in [-0.2, -0.15) is 8.42 Å². The lowest BCUT2D eigenvalue weighted by atomic mass is 9.83. The number of phenolic OH excluding ortho intramolecular Hbond substituents is 2. The maximum atomic E-state index is 13.0. The van der Waals surface area contributed by atoms with Crippen LogP contribution in [-0.2, 0) is 14.9 Å². The summed E-state index contributed by atoms with van der Waals surface area (Å²) in [5, 5.41) is 21.0. The highest BCUT2D eigenvalue weighted by Crippen LogP contribution is 2.54. The van der Waals surface area contributed by atoms with Crippen LogP contribution >= 0.6 is 46.4 Å². The summed E-state index contributed by atoms with van der Waals surface area (Å²) in [7, 11) is -5.15. The Hall–Kier alpha value is -1.67. The maximum Gasteiger partial charge on any atom is 0.283 e. The van der Waals surface area contributed by atoms with Crippen molar-refractivity contribution in [2.24, 2.45) is 0 Å². The molecule has 0 saturated carbocycles. The average molecular weight is 494 g/mol. The Bertz CT molecular complexity index is 1140. The standard InChI is InChI=1S/C19H12Cl4O5S/c20-12-5-1-3-10(7-12)19(29(26,27)28,11-4-2-6-13(21)8-11)16-17(24)14(22)9-15(23)18(16)25/h1-9,24-25H,(H,26,27,28). The second-order valence-corrected chi connectivity index (χ2v) is 9.34. The van der Waals surface area contributed by atoms with Gasteiger partial charge >= 0.3 is 0 Å². The van der Waals surface area contributed by atoms with Crippen LogP contribution in [-0.4, -0.2) is 23.2 Å². The zero-order chi connectivity index (χ0) is 21.6. The van der Waals surface area contributed by atoms with Crippen LogP contribution < -0.4 is 0 Å². The number of hydrogen-bond donors (Lipinski definition) is 3. The maximum absolute atomic E-state index is 13.0. The smallest absolute Gasteiger partial charge is 0.283 e. The van der Waals surface area contributed by atoms with Crippen molar-refractivity contribution in [3.63, 3.8) is 0 Å². The molecular formula is C19H12Cl4O5S. The van der Waals surface area contributed by atoms with Gasteiger partial charge in [0, 0.05) is 10.0 Å². The topological polar surface area (TPSA) is 94.8 Å². The number of rotatable bonds is 4. The van der Waals surface area contributed by atoms with Crippen LogP contribution in [0.4, 0.5) is 0 Å². The minimum atomic E-state index is -5.15. The van der Waals surface area contributed by atoms with E-state index >= 15 is 0 Å². The van der Waals surface area contributed by atoms with Gasteiger partial charge in [-0.3, -0.25) is 4.55 Å². The highest BCUT2D eigenvalue weighted by atomic mass is 35.5. The molecular weight excluding hydrogens is 482 g/mol. The van der Waals surface area contributed by atoms with E-state index in [0.717, 1.165) is 6.07 Å². The van der Waals surface area contributed by atoms with Crippen LogP contribution in [0.15, 0.2) is 54.6 Å². The molecule has 0 heterocycles. The summed E-state index contributed by atoms with van der Waals surface area (Å²) in [6.45, 7) is 0. The summed E-state index contributed by atoms with van der Waals surface area (Å²) >= 11 is 24.2. The van der Waals surface area contributed by atoms with Crippen molar-refractivity contribution in [2.45, 2.75) is 4.75 Å². The molecule has 0 saturated heterocycles. The van der Waals surface area contributed by atoms with Crippen molar-refractivity contribution in [3.8, 4) is 11.5 Å². The third-order valence-corrected chi connectivity index (χ3v) is 6.88. The van der Waals surface area contributed by atoms with Gasteiger partial charge < -0.3 is 10.2 Å². The lowest BCUT2D eigenvalue weighted by Crippen LogP contribution is -2.38. The van der Waals surface area contributed by atoms with Gasteiger partial charge in [-0.25, -0.2) is 0 Å². The first-order chi connectivity index (χ1) is 13.5. The molecule has 3 N–H and O–H groups in total. The Kier molecular flexibility index (Phi) is 5.98. The zero-order valence-electron chi connectivity index (χ0n) is 14.3. The van der Waals surface area contributed by atoms with Gasteiger partial charge in [0.1, 0.15) is 11.5 Å². The van der Waals surface area contributed by atoms with Crippen molar-refractivity contribution >= 4 is 56.5 Å². The van der Waals surface area contributed by atoms with E-state index < -0.39 is 31.9 Å². The van der Waals surface area contributed by atoms with Crippen molar-refractivity contribution in [1.82, 2.24) is 0 Å². The molecule has 0 aliphatic carbocycles. The van der Waals surface area contributed by atoms with E-state index in [2.05, 4.69) is 0 Å². The number of halogens is 4. The Morgan fingerprint density at radius 1 is 0.724 bits per heavy atom. The molecule has 3 aromatic rings. The molecule has 0 aliphatic heterocycles. The average Bonchev–Trinajstić information content (AvgIpc) is 2.62. The Labute approximate surface area is 186 Å². The van der Waals surface area contributed by atoms with Gasteiger partial charge in [-0.1, -0.05) is 70.7 Å². The van der Waals surface area contributed by atoms with E-state index in [0.29, 0.717) is 0 Å². The third-order valence-electron chi connectivity index (χ3n) is 4.38. The fourth-order valence-corrected chi connectivity index (χ4v) is 5.37. The summed E-state index contributed by atoms with van der Waals surface area (Å²) in [4.78, 5) is 0. The summed E-state index contributed by atoms with van der Waals surface area (Å²) in [5.74, 6) is -1.57. The van der Waals surface area contributed by atoms with Gasteiger partial charge in [0.25, 0.3) is 10.1 Å². The van der Waals surface area contributed by atoms with Gasteiger partial charge in [-0.05, 0) is 41.5 Å². The summed E-state index contributed by atoms with van der Waals surface area (Å²) in [6.07, 6.45) is 0. The summed E-state index contributed by atoms with van der Waals surface area (Å²) < 4.78 is 33.9. The van der Waals surface area contributed by atoms with E-state index in [-0.39, 0.29) is 31.2 Å². The van der Waals surface area contributed by atoms with E-state index in [1.807, 2.05) is 0 Å². The van der Waals surface area contributed by atoms with Gasteiger partial charge in [0.2, 0.25) is 0 Å². The molecule has 3 aromatic carbocycles. The molecule has 0 amide bonds. The molecule has 5 nitrogen and oxygen atoms in total. The molecule has 10 heteroatoms. The number of hydrogen-bond acceptors (Lipinski definition) is 4. The lowest BCUT2D eigenvalue weighted by molar-refractivity contribution is 0.416. The molecule has 29 heavy (non-hydrogen) atoms. The second kappa shape index (κ2) is 7.87. The highest BCUT2D eigenvalue weighted by molar-refractivity contribution is 7.87. The Balaban J connectivity index is 2.66.